The monoisotopic (exact) mass is 756 g/mol. The number of esters is 4. The van der Waals surface area contributed by atoms with Crippen LogP contribution in [-0.2, 0) is 54.3 Å². The summed E-state index contributed by atoms with van der Waals surface area (Å²) in [6, 6.07) is 3.57. The largest absolute Gasteiger partial charge is 0.508 e. The van der Waals surface area contributed by atoms with Crippen molar-refractivity contribution in [2.75, 3.05) is 6.61 Å². The smallest absolute Gasteiger partial charge is 0.350 e. The molecule has 1 aliphatic heterocycles. The second-order valence-electron chi connectivity index (χ2n) is 14.0. The summed E-state index contributed by atoms with van der Waals surface area (Å²) < 4.78 is 33.7. The molecule has 2 fully saturated rings. The van der Waals surface area contributed by atoms with Crippen LogP contribution < -0.4 is 4.74 Å². The molecule has 11 unspecified atom stereocenters. The minimum Gasteiger partial charge on any atom is -0.508 e. The van der Waals surface area contributed by atoms with Crippen LogP contribution in [0, 0.1) is 17.8 Å². The van der Waals surface area contributed by atoms with Crippen molar-refractivity contribution in [2.24, 2.45) is 17.8 Å². The summed E-state index contributed by atoms with van der Waals surface area (Å²) in [5.74, 6) is -6.95. The molecule has 0 bridgehead atoms. The molecule has 0 spiro atoms. The molecule has 54 heavy (non-hydrogen) atoms. The molecular formula is C38H44O16. The van der Waals surface area contributed by atoms with Crippen LogP contribution in [0.1, 0.15) is 56.9 Å². The van der Waals surface area contributed by atoms with Crippen molar-refractivity contribution in [1.82, 2.24) is 0 Å². The number of phenolic OH excluding ortho intramolecular Hbond substituents is 1. The molecule has 4 aliphatic carbocycles. The second-order valence-corrected chi connectivity index (χ2v) is 14.0. The first-order valence-electron chi connectivity index (χ1n) is 18.1. The van der Waals surface area contributed by atoms with E-state index in [0.717, 1.165) is 6.07 Å². The van der Waals surface area contributed by atoms with Crippen LogP contribution in [0.25, 0.3) is 0 Å². The van der Waals surface area contributed by atoms with Crippen molar-refractivity contribution < 1.29 is 77.9 Å². The highest BCUT2D eigenvalue weighted by Crippen LogP contribution is 2.35. The van der Waals surface area contributed by atoms with Crippen molar-refractivity contribution in [3.63, 3.8) is 0 Å². The number of aliphatic hydroxyl groups excluding tert-OH is 3. The third-order valence-electron chi connectivity index (χ3n) is 10.3. The van der Waals surface area contributed by atoms with E-state index in [-0.39, 0.29) is 23.5 Å². The number of phenols is 1. The van der Waals surface area contributed by atoms with Gasteiger partial charge in [0.1, 0.15) is 43.0 Å². The van der Waals surface area contributed by atoms with Crippen molar-refractivity contribution in [3.05, 3.63) is 60.2 Å². The van der Waals surface area contributed by atoms with E-state index in [1.54, 1.807) is 30.4 Å². The fraction of sp³-hybridized carbons (Fsp3) is 0.553. The summed E-state index contributed by atoms with van der Waals surface area (Å²) >= 11 is 0. The van der Waals surface area contributed by atoms with Gasteiger partial charge in [-0.2, -0.15) is 0 Å². The number of aliphatic hydroxyl groups is 4. The Morgan fingerprint density at radius 3 is 2.02 bits per heavy atom. The average Bonchev–Trinajstić information content (AvgIpc) is 3.98. The Hall–Kier alpha value is -4.61. The summed E-state index contributed by atoms with van der Waals surface area (Å²) in [6.07, 6.45) is 1.49. The standard InChI is InChI=1S/C38H44O16/c39-24-13-15-26(23(17-24)18-50-37(47)38(48)28(41)16-14-25(40)32(38)54-35(46)22-11-5-6-12-22)51-36-31(53-34(45)21-9-3-4-10-21)30(43)29(42)27(52-36)19-49-33(44)20-7-1-2-8-20/h1,3,5,7,9,11,13,15,17,20-22,25,27,29-32,36,39-40,42-43,48H,2,4,6,8,10,12,14,16,18-19H2. The highest BCUT2D eigenvalue weighted by molar-refractivity contribution is 6.08. The van der Waals surface area contributed by atoms with Crippen LogP contribution >= 0.6 is 0 Å². The van der Waals surface area contributed by atoms with Crippen LogP contribution in [0.4, 0.5) is 0 Å². The molecule has 1 saturated heterocycles. The van der Waals surface area contributed by atoms with Gasteiger partial charge in [-0.05, 0) is 63.1 Å². The maximum absolute atomic E-state index is 13.5. The lowest BCUT2D eigenvalue weighted by Gasteiger charge is -2.42. The van der Waals surface area contributed by atoms with Crippen LogP contribution in [0.5, 0.6) is 11.5 Å². The second kappa shape index (κ2) is 16.8. The molecule has 292 valence electrons. The Morgan fingerprint density at radius 2 is 1.41 bits per heavy atom. The normalized spacial score (nSPS) is 34.4. The van der Waals surface area contributed by atoms with Gasteiger partial charge < -0.3 is 54.0 Å². The maximum Gasteiger partial charge on any atom is 0.350 e. The highest BCUT2D eigenvalue weighted by Gasteiger charge is 2.59. The molecule has 0 radical (unpaired) electrons. The zero-order valence-electron chi connectivity index (χ0n) is 29.3. The number of benzene rings is 1. The van der Waals surface area contributed by atoms with E-state index >= 15 is 0 Å². The number of ether oxygens (including phenoxy) is 6. The van der Waals surface area contributed by atoms with Gasteiger partial charge in [0, 0.05) is 12.0 Å². The average molecular weight is 757 g/mol. The Labute approximate surface area is 309 Å². The van der Waals surface area contributed by atoms with Crippen molar-refractivity contribution in [2.45, 2.75) is 106 Å². The minimum atomic E-state index is -3.06. The SMILES string of the molecule is O=C(OCC1OC(Oc2ccc(O)cc2COC(=O)C2(O)C(=O)CCC(O)C2OC(=O)C2C=CCC2)C(OC(=O)C2C=CCC2)C(O)C1O)C1C=CCC1. The van der Waals surface area contributed by atoms with Crippen LogP contribution in [0.3, 0.4) is 0 Å². The molecule has 1 aromatic rings. The van der Waals surface area contributed by atoms with Gasteiger partial charge in [-0.3, -0.25) is 19.2 Å². The fourth-order valence-electron chi connectivity index (χ4n) is 7.08. The van der Waals surface area contributed by atoms with E-state index in [4.69, 9.17) is 28.4 Å². The number of rotatable bonds is 12. The van der Waals surface area contributed by atoms with Crippen LogP contribution in [-0.4, -0.2) is 110 Å². The van der Waals surface area contributed by atoms with E-state index in [9.17, 15) is 49.5 Å². The summed E-state index contributed by atoms with van der Waals surface area (Å²) in [5, 5.41) is 54.6. The molecular weight excluding hydrogens is 712 g/mol. The first-order valence-corrected chi connectivity index (χ1v) is 18.1. The molecule has 5 aliphatic rings. The van der Waals surface area contributed by atoms with Gasteiger partial charge in [0.15, 0.2) is 18.0 Å². The Bertz CT molecular complexity index is 1680. The van der Waals surface area contributed by atoms with Gasteiger partial charge in [0.25, 0.3) is 5.60 Å². The number of aromatic hydroxyl groups is 1. The number of allylic oxidation sites excluding steroid dienone is 3. The van der Waals surface area contributed by atoms with Gasteiger partial charge in [-0.15, -0.1) is 0 Å². The highest BCUT2D eigenvalue weighted by atomic mass is 16.7. The number of Topliss-reactive ketones (excluding diaryl/α,β-unsaturated/α-hetero) is 1. The molecule has 6 rings (SSSR count). The van der Waals surface area contributed by atoms with Gasteiger partial charge in [0.05, 0.1) is 23.9 Å². The number of carbonyl (C=O) groups excluding carboxylic acids is 5. The lowest BCUT2D eigenvalue weighted by Crippen LogP contribution is -2.64. The number of carbonyl (C=O) groups is 5. The summed E-state index contributed by atoms with van der Waals surface area (Å²) in [7, 11) is 0. The Kier molecular flexibility index (Phi) is 12.2. The lowest BCUT2D eigenvalue weighted by atomic mass is 9.79. The van der Waals surface area contributed by atoms with Crippen LogP contribution in [0.15, 0.2) is 54.7 Å². The molecule has 5 N–H and O–H groups in total. The van der Waals surface area contributed by atoms with Crippen LogP contribution in [0.2, 0.25) is 0 Å². The molecule has 1 saturated carbocycles. The fourth-order valence-corrected chi connectivity index (χ4v) is 7.08. The van der Waals surface area contributed by atoms with Gasteiger partial charge in [0.2, 0.25) is 6.29 Å². The summed E-state index contributed by atoms with van der Waals surface area (Å²) in [4.78, 5) is 64.9. The lowest BCUT2D eigenvalue weighted by molar-refractivity contribution is -0.284. The van der Waals surface area contributed by atoms with E-state index in [1.807, 2.05) is 6.08 Å². The Morgan fingerprint density at radius 1 is 0.796 bits per heavy atom. The van der Waals surface area contributed by atoms with Crippen molar-refractivity contribution in [1.29, 1.82) is 0 Å². The Balaban J connectivity index is 1.20. The zero-order chi connectivity index (χ0) is 38.6. The molecule has 1 heterocycles. The number of hydrogen-bond donors (Lipinski definition) is 5. The molecule has 1 aromatic carbocycles. The van der Waals surface area contributed by atoms with Gasteiger partial charge >= 0.3 is 23.9 Å². The van der Waals surface area contributed by atoms with E-state index in [0.29, 0.717) is 38.5 Å². The minimum absolute atomic E-state index is 0.0654. The van der Waals surface area contributed by atoms with Gasteiger partial charge in [-0.25, -0.2) is 4.79 Å². The third kappa shape index (κ3) is 8.37. The number of hydrogen-bond acceptors (Lipinski definition) is 16. The predicted molar refractivity (Wildman–Crippen MR) is 181 cm³/mol. The number of ketones is 1. The maximum atomic E-state index is 13.5. The molecule has 11 atom stereocenters. The quantitative estimate of drug-likeness (QED) is 0.0864. The molecule has 16 heteroatoms. The first-order chi connectivity index (χ1) is 25.9. The predicted octanol–water partition coefficient (Wildman–Crippen LogP) is 0.981. The summed E-state index contributed by atoms with van der Waals surface area (Å²) in [5.41, 5.74) is -3.13. The van der Waals surface area contributed by atoms with E-state index < -0.39 is 116 Å². The van der Waals surface area contributed by atoms with Crippen molar-refractivity contribution >= 4 is 29.7 Å². The molecule has 0 amide bonds. The zero-order valence-corrected chi connectivity index (χ0v) is 29.3. The molecule has 16 nitrogen and oxygen atoms in total. The van der Waals surface area contributed by atoms with Crippen molar-refractivity contribution in [3.8, 4) is 11.5 Å². The first kappa shape index (κ1) is 39.1. The third-order valence-corrected chi connectivity index (χ3v) is 10.3. The molecule has 0 aromatic heterocycles. The topological polar surface area (TPSA) is 242 Å². The van der Waals surface area contributed by atoms with Gasteiger partial charge in [-0.1, -0.05) is 36.5 Å². The van der Waals surface area contributed by atoms with E-state index in [1.165, 1.54) is 12.1 Å². The summed E-state index contributed by atoms with van der Waals surface area (Å²) in [6.45, 7) is -1.25. The van der Waals surface area contributed by atoms with E-state index in [2.05, 4.69) is 0 Å².